The van der Waals surface area contributed by atoms with E-state index in [-0.39, 0.29) is 0 Å². The van der Waals surface area contributed by atoms with E-state index in [4.69, 9.17) is 4.74 Å². The smallest absolute Gasteiger partial charge is 0.165 e. The average molecular weight is 300 g/mol. The van der Waals surface area contributed by atoms with Crippen molar-refractivity contribution in [2.24, 2.45) is 0 Å². The number of rotatable bonds is 6. The van der Waals surface area contributed by atoms with E-state index in [1.165, 1.54) is 31.2 Å². The highest BCUT2D eigenvalue weighted by Crippen LogP contribution is 2.23. The van der Waals surface area contributed by atoms with Gasteiger partial charge in [0.15, 0.2) is 5.65 Å². The minimum absolute atomic E-state index is 0.495. The Morgan fingerprint density at radius 1 is 1.27 bits per heavy atom. The Labute approximate surface area is 131 Å². The first-order valence-electron chi connectivity index (χ1n) is 8.18. The normalized spacial score (nSPS) is 18.0. The van der Waals surface area contributed by atoms with Crippen molar-refractivity contribution in [2.75, 3.05) is 18.5 Å². The summed E-state index contributed by atoms with van der Waals surface area (Å²) in [6, 6.07) is 2.08. The lowest BCUT2D eigenvalue weighted by molar-refractivity contribution is 0.102. The number of unbranched alkanes of at least 4 members (excludes halogenated alkanes) is 1. The first kappa shape index (κ1) is 15.2. The number of nitrogens with zero attached hydrogens (tertiary/aromatic N) is 3. The average Bonchev–Trinajstić information content (AvgIpc) is 2.99. The predicted octanol–water partition coefficient (Wildman–Crippen LogP) is 3.40. The fourth-order valence-corrected chi connectivity index (χ4v) is 3.12. The number of ether oxygens (including phenoxy) is 1. The molecule has 0 aliphatic carbocycles. The van der Waals surface area contributed by atoms with Crippen molar-refractivity contribution in [2.45, 2.75) is 52.1 Å². The van der Waals surface area contributed by atoms with E-state index in [9.17, 15) is 0 Å². The molecule has 22 heavy (non-hydrogen) atoms. The van der Waals surface area contributed by atoms with Crippen molar-refractivity contribution in [3.63, 3.8) is 0 Å². The predicted molar refractivity (Wildman–Crippen MR) is 88.1 cm³/mol. The van der Waals surface area contributed by atoms with Gasteiger partial charge in [-0.05, 0) is 57.6 Å². The van der Waals surface area contributed by atoms with E-state index in [1.54, 1.807) is 6.33 Å². The van der Waals surface area contributed by atoms with E-state index in [1.807, 2.05) is 6.92 Å². The molecule has 5 heteroatoms. The van der Waals surface area contributed by atoms with Crippen molar-refractivity contribution in [3.8, 4) is 0 Å². The van der Waals surface area contributed by atoms with Crippen molar-refractivity contribution in [1.29, 1.82) is 0 Å². The molecule has 5 nitrogen and oxygen atoms in total. The summed E-state index contributed by atoms with van der Waals surface area (Å²) in [5.41, 5.74) is 2.94. The first-order chi connectivity index (χ1) is 10.7. The van der Waals surface area contributed by atoms with Crippen LogP contribution in [0.4, 0.5) is 5.82 Å². The molecule has 1 atom stereocenters. The third-order valence-corrected chi connectivity index (χ3v) is 4.20. The molecule has 1 aliphatic rings. The van der Waals surface area contributed by atoms with Crippen LogP contribution < -0.4 is 5.32 Å². The van der Waals surface area contributed by atoms with Crippen LogP contribution in [0.1, 0.15) is 43.4 Å². The van der Waals surface area contributed by atoms with Crippen molar-refractivity contribution in [1.82, 2.24) is 15.0 Å². The summed E-state index contributed by atoms with van der Waals surface area (Å²) < 4.78 is 5.65. The fourth-order valence-electron chi connectivity index (χ4n) is 3.12. The number of pyridine rings is 1. The Balaban J connectivity index is 1.57. The lowest BCUT2D eigenvalue weighted by atomic mass is 10.1. The number of anilines is 1. The zero-order valence-electron chi connectivity index (χ0n) is 13.4. The summed E-state index contributed by atoms with van der Waals surface area (Å²) >= 11 is 0. The van der Waals surface area contributed by atoms with Gasteiger partial charge in [-0.15, -0.1) is 0 Å². The van der Waals surface area contributed by atoms with Crippen LogP contribution in [0.15, 0.2) is 12.4 Å². The molecule has 2 aromatic rings. The van der Waals surface area contributed by atoms with Crippen LogP contribution in [-0.4, -0.2) is 34.2 Å². The molecule has 3 rings (SSSR count). The summed E-state index contributed by atoms with van der Waals surface area (Å²) in [5.74, 6) is 0.895. The maximum Gasteiger partial charge on any atom is 0.165 e. The number of hydrogen-bond acceptors (Lipinski definition) is 5. The Kier molecular flexibility index (Phi) is 4.83. The van der Waals surface area contributed by atoms with Gasteiger partial charge in [-0.1, -0.05) is 0 Å². The second kappa shape index (κ2) is 7.01. The lowest BCUT2D eigenvalue weighted by Gasteiger charge is -2.11. The largest absolute Gasteiger partial charge is 0.378 e. The van der Waals surface area contributed by atoms with Gasteiger partial charge >= 0.3 is 0 Å². The molecule has 0 unspecified atom stereocenters. The molecule has 0 amide bonds. The topological polar surface area (TPSA) is 59.9 Å². The van der Waals surface area contributed by atoms with Crippen LogP contribution in [0.2, 0.25) is 0 Å². The zero-order chi connectivity index (χ0) is 15.4. The van der Waals surface area contributed by atoms with Gasteiger partial charge in [-0.3, -0.25) is 0 Å². The van der Waals surface area contributed by atoms with Crippen molar-refractivity contribution < 1.29 is 4.74 Å². The van der Waals surface area contributed by atoms with Crippen LogP contribution in [0.5, 0.6) is 0 Å². The number of hydrogen-bond donors (Lipinski definition) is 1. The molecule has 1 fully saturated rings. The van der Waals surface area contributed by atoms with Gasteiger partial charge in [0.2, 0.25) is 0 Å². The molecular formula is C17H24N4O. The maximum absolute atomic E-state index is 5.65. The van der Waals surface area contributed by atoms with Gasteiger partial charge in [0.05, 0.1) is 11.5 Å². The molecule has 0 bridgehead atoms. The molecule has 1 aliphatic heterocycles. The number of fused-ring (bicyclic) bond motifs is 1. The first-order valence-corrected chi connectivity index (χ1v) is 8.18. The quantitative estimate of drug-likeness (QED) is 0.828. The molecule has 0 radical (unpaired) electrons. The van der Waals surface area contributed by atoms with Crippen LogP contribution in [0, 0.1) is 13.8 Å². The zero-order valence-corrected chi connectivity index (χ0v) is 13.4. The fraction of sp³-hybridized carbons (Fsp3) is 0.588. The highest BCUT2D eigenvalue weighted by Gasteiger charge is 2.14. The number of aryl methyl sites for hydroxylation is 2. The maximum atomic E-state index is 5.65. The Morgan fingerprint density at radius 2 is 2.18 bits per heavy atom. The highest BCUT2D eigenvalue weighted by molar-refractivity contribution is 5.89. The molecule has 0 aromatic carbocycles. The number of aromatic nitrogens is 3. The molecule has 1 N–H and O–H groups in total. The Bertz CT molecular complexity index is 638. The van der Waals surface area contributed by atoms with Crippen molar-refractivity contribution in [3.05, 3.63) is 23.7 Å². The van der Waals surface area contributed by atoms with Gasteiger partial charge in [-0.2, -0.15) is 0 Å². The molecular weight excluding hydrogens is 276 g/mol. The third kappa shape index (κ3) is 3.53. The monoisotopic (exact) mass is 300 g/mol. The SMILES string of the molecule is Cc1cc(C)c2c(NCCCC[C@@H]3CCCO3)ncnc2n1. The Morgan fingerprint density at radius 3 is 3.00 bits per heavy atom. The van der Waals surface area contributed by atoms with E-state index in [2.05, 4.69) is 33.3 Å². The Hall–Kier alpha value is -1.75. The van der Waals surface area contributed by atoms with Gasteiger partial charge in [0.1, 0.15) is 12.1 Å². The standard InChI is InChI=1S/C17H24N4O/c1-12-10-13(2)21-17-15(12)16(19-11-20-17)18-8-4-3-6-14-7-5-9-22-14/h10-11,14H,3-9H2,1-2H3,(H,18,19,20,21)/t14-/m1/s1. The highest BCUT2D eigenvalue weighted by atomic mass is 16.5. The van der Waals surface area contributed by atoms with Crippen LogP contribution in [0.25, 0.3) is 11.0 Å². The van der Waals surface area contributed by atoms with Gasteiger partial charge in [0.25, 0.3) is 0 Å². The van der Waals surface area contributed by atoms with Gasteiger partial charge in [-0.25, -0.2) is 15.0 Å². The number of nitrogens with one attached hydrogen (secondary N) is 1. The molecule has 0 saturated carbocycles. The van der Waals surface area contributed by atoms with Crippen LogP contribution >= 0.6 is 0 Å². The lowest BCUT2D eigenvalue weighted by Crippen LogP contribution is -2.08. The van der Waals surface area contributed by atoms with E-state index >= 15 is 0 Å². The summed E-state index contributed by atoms with van der Waals surface area (Å²) in [6.45, 7) is 5.95. The molecule has 0 spiro atoms. The summed E-state index contributed by atoms with van der Waals surface area (Å²) in [5, 5.41) is 4.48. The van der Waals surface area contributed by atoms with E-state index < -0.39 is 0 Å². The minimum Gasteiger partial charge on any atom is -0.378 e. The third-order valence-electron chi connectivity index (χ3n) is 4.20. The van der Waals surface area contributed by atoms with Gasteiger partial charge in [0, 0.05) is 18.8 Å². The van der Waals surface area contributed by atoms with Crippen LogP contribution in [0.3, 0.4) is 0 Å². The second-order valence-corrected chi connectivity index (χ2v) is 6.06. The van der Waals surface area contributed by atoms with E-state index in [0.717, 1.165) is 42.1 Å². The van der Waals surface area contributed by atoms with E-state index in [0.29, 0.717) is 6.10 Å². The van der Waals surface area contributed by atoms with Crippen molar-refractivity contribution >= 4 is 16.9 Å². The summed E-state index contributed by atoms with van der Waals surface area (Å²) in [6.07, 6.45) is 8.03. The molecule has 118 valence electrons. The van der Waals surface area contributed by atoms with Crippen LogP contribution in [-0.2, 0) is 4.74 Å². The molecule has 3 heterocycles. The molecule has 1 saturated heterocycles. The van der Waals surface area contributed by atoms with Gasteiger partial charge < -0.3 is 10.1 Å². The second-order valence-electron chi connectivity index (χ2n) is 6.06. The molecule has 2 aromatic heterocycles. The summed E-state index contributed by atoms with van der Waals surface area (Å²) in [7, 11) is 0. The summed E-state index contributed by atoms with van der Waals surface area (Å²) in [4.78, 5) is 13.2. The minimum atomic E-state index is 0.495.